The number of ether oxygens (including phenoxy) is 2. The van der Waals surface area contributed by atoms with E-state index in [-0.39, 0.29) is 37.7 Å². The van der Waals surface area contributed by atoms with Crippen molar-refractivity contribution >= 4 is 56.8 Å². The first-order chi connectivity index (χ1) is 16.6. The summed E-state index contributed by atoms with van der Waals surface area (Å²) in [6.07, 6.45) is -1.47. The average Bonchev–Trinajstić information content (AvgIpc) is 3.20. The molecule has 2 aromatic carbocycles. The number of aliphatic hydroxyl groups excluding tert-OH is 3. The smallest absolute Gasteiger partial charge is 0.132 e. The lowest BCUT2D eigenvalue weighted by Crippen LogP contribution is -2.25. The Morgan fingerprint density at radius 2 is 1.71 bits per heavy atom. The largest absolute Gasteiger partial charge is 0.491 e. The number of benzene rings is 2. The molecule has 0 spiro atoms. The van der Waals surface area contributed by atoms with E-state index in [0.29, 0.717) is 20.9 Å². The third-order valence-electron chi connectivity index (χ3n) is 5.55. The van der Waals surface area contributed by atoms with Gasteiger partial charge in [0.2, 0.25) is 0 Å². The van der Waals surface area contributed by atoms with Gasteiger partial charge in [-0.15, -0.1) is 16.7 Å². The highest BCUT2D eigenvalue weighted by Crippen LogP contribution is 2.35. The number of hydrogen-bond acceptors (Lipinski definition) is 7. The summed E-state index contributed by atoms with van der Waals surface area (Å²) in [6.45, 7) is 4.58. The molecule has 3 rings (SSSR count). The molecule has 0 bridgehead atoms. The Hall–Kier alpha value is -1.19. The molecule has 1 aromatic heterocycles. The third kappa shape index (κ3) is 7.41. The van der Waals surface area contributed by atoms with E-state index >= 15 is 0 Å². The summed E-state index contributed by atoms with van der Waals surface area (Å²) in [5, 5.41) is 37.0. The van der Waals surface area contributed by atoms with Crippen LogP contribution in [0.4, 0.5) is 0 Å². The van der Waals surface area contributed by atoms with Crippen molar-refractivity contribution in [2.45, 2.75) is 44.6 Å². The lowest BCUT2D eigenvalue weighted by Gasteiger charge is -2.27. The molecule has 11 heteroatoms. The van der Waals surface area contributed by atoms with Crippen LogP contribution in [0.3, 0.4) is 0 Å². The first-order valence-electron chi connectivity index (χ1n) is 10.9. The lowest BCUT2D eigenvalue weighted by molar-refractivity contribution is 0.0881. The zero-order valence-electron chi connectivity index (χ0n) is 19.4. The predicted octanol–water partition coefficient (Wildman–Crippen LogP) is 3.72. The van der Waals surface area contributed by atoms with E-state index in [4.69, 9.17) is 21.1 Å². The molecule has 0 aliphatic carbocycles. The monoisotopic (exact) mass is 723 g/mol. The van der Waals surface area contributed by atoms with Gasteiger partial charge in [-0.1, -0.05) is 37.3 Å². The molecule has 0 fully saturated rings. The second kappa shape index (κ2) is 12.9. The number of halogens is 3. The van der Waals surface area contributed by atoms with Gasteiger partial charge in [0.05, 0.1) is 22.6 Å². The summed E-state index contributed by atoms with van der Waals surface area (Å²) < 4.78 is 14.6. The van der Waals surface area contributed by atoms with Gasteiger partial charge in [0.1, 0.15) is 46.3 Å². The Morgan fingerprint density at radius 1 is 1.06 bits per heavy atom. The predicted molar refractivity (Wildman–Crippen MR) is 150 cm³/mol. The van der Waals surface area contributed by atoms with Crippen LogP contribution in [0.25, 0.3) is 0 Å². The van der Waals surface area contributed by atoms with E-state index in [1.54, 1.807) is 4.68 Å². The van der Waals surface area contributed by atoms with Gasteiger partial charge >= 0.3 is 0 Å². The first-order valence-corrected chi connectivity index (χ1v) is 13.6. The van der Waals surface area contributed by atoms with E-state index in [1.165, 1.54) is 0 Å². The van der Waals surface area contributed by atoms with Crippen LogP contribution in [0.5, 0.6) is 11.5 Å². The van der Waals surface area contributed by atoms with Gasteiger partial charge in [0, 0.05) is 5.41 Å². The molecular weight excluding hydrogens is 696 g/mol. The highest BCUT2D eigenvalue weighted by atomic mass is 127. The summed E-state index contributed by atoms with van der Waals surface area (Å²) in [7, 11) is 0. The molecule has 0 amide bonds. The van der Waals surface area contributed by atoms with Crippen LogP contribution in [0.1, 0.15) is 30.7 Å². The molecule has 3 aromatic rings. The van der Waals surface area contributed by atoms with Crippen LogP contribution >= 0.6 is 56.8 Å². The summed E-state index contributed by atoms with van der Waals surface area (Å²) in [5.74, 6) is 1.50. The molecule has 0 radical (unpaired) electrons. The summed E-state index contributed by atoms with van der Waals surface area (Å²) >= 11 is 9.91. The van der Waals surface area contributed by atoms with Crippen molar-refractivity contribution in [1.82, 2.24) is 15.0 Å². The SMILES string of the molecule is CC(C)(c1ccc(OC[C@H](O)Cn2nnc(CO)c2[123I])cc1)c1ccc(OC[C@@H](O)CCl)c(I)c1. The van der Waals surface area contributed by atoms with Crippen molar-refractivity contribution in [2.24, 2.45) is 0 Å². The molecule has 3 N–H and O–H groups in total. The Bertz CT molecular complexity index is 1110. The van der Waals surface area contributed by atoms with Gasteiger partial charge in [-0.3, -0.25) is 0 Å². The highest BCUT2D eigenvalue weighted by molar-refractivity contribution is 14.1. The van der Waals surface area contributed by atoms with Crippen LogP contribution < -0.4 is 9.47 Å². The van der Waals surface area contributed by atoms with Gasteiger partial charge in [-0.05, 0) is 80.6 Å². The summed E-state index contributed by atoms with van der Waals surface area (Å²) in [5.41, 5.74) is 2.46. The molecule has 0 unspecified atom stereocenters. The number of aliphatic hydroxyl groups is 3. The maximum atomic E-state index is 10.3. The van der Waals surface area contributed by atoms with Crippen LogP contribution in [0, 0.1) is 7.27 Å². The normalized spacial score (nSPS) is 13.5. The molecule has 0 aliphatic heterocycles. The van der Waals surface area contributed by atoms with E-state index in [9.17, 15) is 15.3 Å². The minimum atomic E-state index is -0.777. The van der Waals surface area contributed by atoms with Crippen molar-refractivity contribution in [3.63, 3.8) is 0 Å². The molecule has 0 saturated carbocycles. The van der Waals surface area contributed by atoms with Crippen molar-refractivity contribution in [1.29, 1.82) is 0 Å². The summed E-state index contributed by atoms with van der Waals surface area (Å²) in [6, 6.07) is 13.8. The molecule has 8 nitrogen and oxygen atoms in total. The fraction of sp³-hybridized carbons (Fsp3) is 0.417. The van der Waals surface area contributed by atoms with Gasteiger partial charge in [-0.2, -0.15) is 0 Å². The maximum absolute atomic E-state index is 10.3. The van der Waals surface area contributed by atoms with Crippen molar-refractivity contribution in [2.75, 3.05) is 19.1 Å². The molecule has 0 aliphatic rings. The standard InChI is InChI=1S/C24H28ClI2N3O5/c1-24(2,16-5-8-22(20(26)9-16)35-13-17(32)10-25)15-3-6-19(7-4-15)34-14-18(33)11-30-23(27)21(12-31)28-29-30/h3-9,17-18,31-33H,10-14H2,1-2H3/t17-,18+/m0/s1/i27-4. The second-order valence-corrected chi connectivity index (χ2v) is 11.0. The molecular formula is C24H28ClI2N3O5. The zero-order valence-corrected chi connectivity index (χ0v) is 24.4. The Labute approximate surface area is 236 Å². The topological polar surface area (TPSA) is 110 Å². The molecule has 2 atom stereocenters. The van der Waals surface area contributed by atoms with Crippen molar-refractivity contribution in [3.8, 4) is 11.5 Å². The van der Waals surface area contributed by atoms with Gasteiger partial charge < -0.3 is 24.8 Å². The van der Waals surface area contributed by atoms with E-state index < -0.39 is 12.2 Å². The van der Waals surface area contributed by atoms with Gasteiger partial charge in [0.25, 0.3) is 0 Å². The van der Waals surface area contributed by atoms with Crippen LogP contribution in [-0.2, 0) is 18.6 Å². The molecule has 0 saturated heterocycles. The van der Waals surface area contributed by atoms with Crippen molar-refractivity contribution < 1.29 is 24.8 Å². The number of hydrogen-bond donors (Lipinski definition) is 3. The van der Waals surface area contributed by atoms with Crippen LogP contribution in [0.2, 0.25) is 0 Å². The first kappa shape index (κ1) is 28.4. The highest BCUT2D eigenvalue weighted by Gasteiger charge is 2.24. The number of aromatic nitrogens is 3. The maximum Gasteiger partial charge on any atom is 0.132 e. The molecule has 35 heavy (non-hydrogen) atoms. The fourth-order valence-corrected chi connectivity index (χ4v) is 4.70. The van der Waals surface area contributed by atoms with Gasteiger partial charge in [0.15, 0.2) is 0 Å². The van der Waals surface area contributed by atoms with E-state index in [1.807, 2.05) is 59.0 Å². The lowest BCUT2D eigenvalue weighted by atomic mass is 9.78. The van der Waals surface area contributed by atoms with Gasteiger partial charge in [-0.25, -0.2) is 4.68 Å². The zero-order chi connectivity index (χ0) is 25.6. The Balaban J connectivity index is 1.60. The van der Waals surface area contributed by atoms with E-state index in [0.717, 1.165) is 14.7 Å². The molecule has 190 valence electrons. The van der Waals surface area contributed by atoms with E-state index in [2.05, 4.69) is 52.8 Å². The minimum Gasteiger partial charge on any atom is -0.491 e. The van der Waals surface area contributed by atoms with Crippen LogP contribution in [-0.4, -0.2) is 61.6 Å². The minimum absolute atomic E-state index is 0.102. The number of nitrogens with zero attached hydrogens (tertiary/aromatic N) is 3. The molecule has 1 heterocycles. The Kier molecular flexibility index (Phi) is 10.4. The third-order valence-corrected chi connectivity index (χ3v) is 7.93. The quantitative estimate of drug-likeness (QED) is 0.193. The average molecular weight is 724 g/mol. The number of alkyl halides is 1. The van der Waals surface area contributed by atoms with Crippen molar-refractivity contribution in [3.05, 3.63) is 66.6 Å². The van der Waals surface area contributed by atoms with Crippen LogP contribution in [0.15, 0.2) is 42.5 Å². The number of rotatable bonds is 12. The second-order valence-electron chi connectivity index (χ2n) is 8.55. The summed E-state index contributed by atoms with van der Waals surface area (Å²) in [4.78, 5) is 0. The Morgan fingerprint density at radius 3 is 2.31 bits per heavy atom. The fourth-order valence-electron chi connectivity index (χ4n) is 3.37.